The summed E-state index contributed by atoms with van der Waals surface area (Å²) in [6.45, 7) is 3.93. The number of fused-ring (bicyclic) bond motifs is 1. The Bertz CT molecular complexity index is 181. The van der Waals surface area contributed by atoms with Gasteiger partial charge in [0.05, 0.1) is 6.10 Å². The lowest BCUT2D eigenvalue weighted by molar-refractivity contribution is 0.377. The molecule has 0 spiro atoms. The first kappa shape index (κ1) is 6.17. The lowest BCUT2D eigenvalue weighted by Crippen LogP contribution is -1.94. The molecule has 1 aliphatic heterocycles. The fraction of sp³-hybridized carbons (Fsp3) is 0.556. The van der Waals surface area contributed by atoms with Crippen molar-refractivity contribution in [3.05, 3.63) is 24.3 Å². The van der Waals surface area contributed by atoms with Crippen molar-refractivity contribution in [2.75, 3.05) is 0 Å². The van der Waals surface area contributed by atoms with Gasteiger partial charge in [-0.15, -0.1) is 0 Å². The maximum atomic E-state index is 5.36. The van der Waals surface area contributed by atoms with Crippen LogP contribution in [0.4, 0.5) is 0 Å². The van der Waals surface area contributed by atoms with E-state index in [2.05, 4.69) is 18.7 Å². The van der Waals surface area contributed by atoms with Crippen LogP contribution >= 0.6 is 0 Å². The molecule has 1 nitrogen and oxygen atoms in total. The smallest absolute Gasteiger partial charge is 0.103 e. The molecule has 1 saturated heterocycles. The molecule has 2 atom stereocenters. The molecule has 0 radical (unpaired) electrons. The summed E-state index contributed by atoms with van der Waals surface area (Å²) >= 11 is 0. The fourth-order valence-electron chi connectivity index (χ4n) is 1.40. The van der Waals surface area contributed by atoms with Crippen LogP contribution in [0.15, 0.2) is 24.3 Å². The van der Waals surface area contributed by atoms with Crippen molar-refractivity contribution >= 4 is 0 Å². The third kappa shape index (κ3) is 1.14. The average Bonchev–Trinajstić information content (AvgIpc) is 2.59. The molecule has 0 aromatic heterocycles. The van der Waals surface area contributed by atoms with E-state index >= 15 is 0 Å². The minimum atomic E-state index is 0.428. The second-order valence-electron chi connectivity index (χ2n) is 3.05. The van der Waals surface area contributed by atoms with Crippen molar-refractivity contribution in [3.8, 4) is 0 Å². The highest BCUT2D eigenvalue weighted by Gasteiger charge is 2.36. The Morgan fingerprint density at radius 3 is 3.40 bits per heavy atom. The van der Waals surface area contributed by atoms with Crippen molar-refractivity contribution < 1.29 is 4.74 Å². The van der Waals surface area contributed by atoms with Gasteiger partial charge >= 0.3 is 0 Å². The Morgan fingerprint density at radius 1 is 1.60 bits per heavy atom. The number of epoxide rings is 1. The molecule has 0 bridgehead atoms. The summed E-state index contributed by atoms with van der Waals surface area (Å²) < 4.78 is 5.36. The zero-order valence-corrected chi connectivity index (χ0v) is 6.05. The minimum absolute atomic E-state index is 0.428. The Hall–Kier alpha value is -0.560. The van der Waals surface area contributed by atoms with Gasteiger partial charge in [-0.25, -0.2) is 0 Å². The Labute approximate surface area is 61.4 Å². The predicted molar refractivity (Wildman–Crippen MR) is 40.8 cm³/mol. The van der Waals surface area contributed by atoms with E-state index in [1.165, 1.54) is 18.4 Å². The second kappa shape index (κ2) is 2.24. The Balaban J connectivity index is 2.04. The van der Waals surface area contributed by atoms with Gasteiger partial charge in [-0.1, -0.05) is 24.3 Å². The fourth-order valence-corrected chi connectivity index (χ4v) is 1.40. The van der Waals surface area contributed by atoms with Crippen LogP contribution in [0.1, 0.15) is 19.3 Å². The number of rotatable bonds is 0. The molecule has 0 amide bonds. The first-order valence-corrected chi connectivity index (χ1v) is 3.88. The quantitative estimate of drug-likeness (QED) is 0.464. The first-order valence-electron chi connectivity index (χ1n) is 3.88. The molecule has 0 N–H and O–H groups in total. The summed E-state index contributed by atoms with van der Waals surface area (Å²) in [4.78, 5) is 0. The van der Waals surface area contributed by atoms with E-state index in [1.54, 1.807) is 0 Å². The van der Waals surface area contributed by atoms with Gasteiger partial charge in [-0.05, 0) is 19.3 Å². The maximum absolute atomic E-state index is 5.36. The van der Waals surface area contributed by atoms with Crippen LogP contribution in [-0.2, 0) is 4.74 Å². The molecule has 1 aliphatic carbocycles. The minimum Gasteiger partial charge on any atom is -0.365 e. The van der Waals surface area contributed by atoms with Gasteiger partial charge in [0.2, 0.25) is 0 Å². The van der Waals surface area contributed by atoms with Crippen molar-refractivity contribution in [1.29, 1.82) is 0 Å². The van der Waals surface area contributed by atoms with Gasteiger partial charge < -0.3 is 4.74 Å². The normalized spacial score (nSPS) is 41.4. The highest BCUT2D eigenvalue weighted by Crippen LogP contribution is 2.31. The number of allylic oxidation sites excluding steroid dienone is 2. The van der Waals surface area contributed by atoms with Crippen LogP contribution in [0.3, 0.4) is 0 Å². The molecular formula is C9H12O. The summed E-state index contributed by atoms with van der Waals surface area (Å²) in [5, 5.41) is 0. The molecular weight excluding hydrogens is 124 g/mol. The van der Waals surface area contributed by atoms with Crippen LogP contribution in [0.25, 0.3) is 0 Å². The third-order valence-corrected chi connectivity index (χ3v) is 2.13. The molecule has 2 unspecified atom stereocenters. The van der Waals surface area contributed by atoms with Gasteiger partial charge in [0, 0.05) is 0 Å². The van der Waals surface area contributed by atoms with Gasteiger partial charge in [-0.2, -0.15) is 0 Å². The average molecular weight is 136 g/mol. The monoisotopic (exact) mass is 136 g/mol. The summed E-state index contributed by atoms with van der Waals surface area (Å²) in [7, 11) is 0. The summed E-state index contributed by atoms with van der Waals surface area (Å²) in [5.41, 5.74) is 1.24. The van der Waals surface area contributed by atoms with Crippen LogP contribution in [0.5, 0.6) is 0 Å². The number of hydrogen-bond acceptors (Lipinski definition) is 1. The lowest BCUT2D eigenvalue weighted by Gasteiger charge is -2.00. The van der Waals surface area contributed by atoms with Crippen LogP contribution < -0.4 is 0 Å². The zero-order chi connectivity index (χ0) is 6.97. The molecule has 54 valence electrons. The zero-order valence-electron chi connectivity index (χ0n) is 6.05. The summed E-state index contributed by atoms with van der Waals surface area (Å²) in [5.74, 6) is 0. The second-order valence-corrected chi connectivity index (χ2v) is 3.05. The number of ether oxygens (including phenoxy) is 1. The van der Waals surface area contributed by atoms with Gasteiger partial charge in [0.15, 0.2) is 0 Å². The molecule has 1 fully saturated rings. The van der Waals surface area contributed by atoms with Crippen LogP contribution in [-0.4, -0.2) is 12.2 Å². The molecule has 0 aromatic rings. The van der Waals surface area contributed by atoms with Gasteiger partial charge in [0.25, 0.3) is 0 Å². The summed E-state index contributed by atoms with van der Waals surface area (Å²) in [6.07, 6.45) is 8.80. The molecule has 0 saturated carbocycles. The van der Waals surface area contributed by atoms with E-state index < -0.39 is 0 Å². The standard InChI is InChI=1S/C9H12O/c1-7-3-2-4-8-9(10-8)6-5-7/h5-6,8-9H,1-4H2/b6-5-. The molecule has 10 heavy (non-hydrogen) atoms. The van der Waals surface area contributed by atoms with Crippen molar-refractivity contribution in [2.24, 2.45) is 0 Å². The SMILES string of the molecule is C=C1/C=C\C2OC2CCC1. The molecule has 0 aromatic carbocycles. The van der Waals surface area contributed by atoms with E-state index in [4.69, 9.17) is 4.74 Å². The van der Waals surface area contributed by atoms with Gasteiger partial charge in [0.1, 0.15) is 6.10 Å². The molecule has 2 rings (SSSR count). The molecule has 1 heterocycles. The van der Waals surface area contributed by atoms with Crippen LogP contribution in [0.2, 0.25) is 0 Å². The van der Waals surface area contributed by atoms with Crippen molar-refractivity contribution in [1.82, 2.24) is 0 Å². The highest BCUT2D eigenvalue weighted by atomic mass is 16.6. The lowest BCUT2D eigenvalue weighted by atomic mass is 10.0. The number of hydrogen-bond donors (Lipinski definition) is 0. The third-order valence-electron chi connectivity index (χ3n) is 2.13. The first-order chi connectivity index (χ1) is 4.86. The largest absolute Gasteiger partial charge is 0.365 e. The topological polar surface area (TPSA) is 12.5 Å². The van der Waals surface area contributed by atoms with Gasteiger partial charge in [-0.3, -0.25) is 0 Å². The van der Waals surface area contributed by atoms with Crippen molar-refractivity contribution in [2.45, 2.75) is 31.5 Å². The highest BCUT2D eigenvalue weighted by molar-refractivity contribution is 5.19. The molecule has 2 aliphatic rings. The van der Waals surface area contributed by atoms with Crippen LogP contribution in [0, 0.1) is 0 Å². The molecule has 1 heteroatoms. The Morgan fingerprint density at radius 2 is 2.50 bits per heavy atom. The van der Waals surface area contributed by atoms with E-state index in [9.17, 15) is 0 Å². The predicted octanol–water partition coefficient (Wildman–Crippen LogP) is 2.05. The van der Waals surface area contributed by atoms with E-state index in [1.807, 2.05) is 0 Å². The van der Waals surface area contributed by atoms with E-state index in [-0.39, 0.29) is 0 Å². The van der Waals surface area contributed by atoms with E-state index in [0.717, 1.165) is 6.42 Å². The maximum Gasteiger partial charge on any atom is 0.103 e. The summed E-state index contributed by atoms with van der Waals surface area (Å²) in [6, 6.07) is 0. The van der Waals surface area contributed by atoms with Crippen molar-refractivity contribution in [3.63, 3.8) is 0 Å². The Kier molecular flexibility index (Phi) is 1.38. The van der Waals surface area contributed by atoms with E-state index in [0.29, 0.717) is 12.2 Å².